The summed E-state index contributed by atoms with van der Waals surface area (Å²) in [7, 11) is 0. The Labute approximate surface area is 173 Å². The first kappa shape index (κ1) is 27.2. The van der Waals surface area contributed by atoms with Crippen LogP contribution in [0.2, 0.25) is 0 Å². The highest BCUT2D eigenvalue weighted by Crippen LogP contribution is 2.07. The third kappa shape index (κ3) is 9.62. The molecule has 0 bridgehead atoms. The van der Waals surface area contributed by atoms with Crippen LogP contribution in [0.3, 0.4) is 0 Å². The molecule has 4 amide bonds. The largest absolute Gasteiger partial charge is 0.480 e. The summed E-state index contributed by atoms with van der Waals surface area (Å²) in [5.41, 5.74) is 10.4. The summed E-state index contributed by atoms with van der Waals surface area (Å²) in [5.74, 6) is -5.24. The van der Waals surface area contributed by atoms with Crippen LogP contribution in [0.4, 0.5) is 0 Å². The first-order valence-corrected chi connectivity index (χ1v) is 9.26. The molecule has 13 nitrogen and oxygen atoms in total. The summed E-state index contributed by atoms with van der Waals surface area (Å²) < 4.78 is 0. The third-order valence-electron chi connectivity index (χ3n) is 3.96. The number of carboxylic acid groups (broad SMARTS) is 1. The zero-order valence-corrected chi connectivity index (χ0v) is 17.1. The van der Waals surface area contributed by atoms with Gasteiger partial charge in [-0.1, -0.05) is 13.8 Å². The van der Waals surface area contributed by atoms with E-state index in [1.54, 1.807) is 13.8 Å². The van der Waals surface area contributed by atoms with Gasteiger partial charge in [-0.25, -0.2) is 4.79 Å². The molecular weight excluding hydrogens is 402 g/mol. The molecule has 0 rings (SSSR count). The van der Waals surface area contributed by atoms with Crippen LogP contribution >= 0.6 is 0 Å². The first-order valence-electron chi connectivity index (χ1n) is 9.26. The lowest BCUT2D eigenvalue weighted by molar-refractivity contribution is -0.144. The van der Waals surface area contributed by atoms with Crippen molar-refractivity contribution >= 4 is 29.6 Å². The van der Waals surface area contributed by atoms with Crippen LogP contribution in [0.15, 0.2) is 0 Å². The number of aliphatic hydroxyl groups excluding tert-OH is 2. The van der Waals surface area contributed by atoms with E-state index in [1.165, 1.54) is 6.92 Å². The van der Waals surface area contributed by atoms with Gasteiger partial charge in [-0.05, 0) is 19.3 Å². The molecule has 0 aromatic carbocycles. The maximum atomic E-state index is 12.6. The lowest BCUT2D eigenvalue weighted by Crippen LogP contribution is -2.60. The zero-order chi connectivity index (χ0) is 23.6. The predicted molar refractivity (Wildman–Crippen MR) is 103 cm³/mol. The number of carboxylic acids is 1. The number of aliphatic hydroxyl groups is 2. The maximum absolute atomic E-state index is 12.6. The second-order valence-electron chi connectivity index (χ2n) is 7.28. The van der Waals surface area contributed by atoms with Crippen molar-refractivity contribution < 1.29 is 39.3 Å². The molecular formula is C17H31N5O8. The number of nitrogens with two attached hydrogens (primary N) is 2. The number of hydrogen-bond donors (Lipinski definition) is 8. The van der Waals surface area contributed by atoms with Crippen LogP contribution in [0.25, 0.3) is 0 Å². The van der Waals surface area contributed by atoms with Crippen molar-refractivity contribution in [2.75, 3.05) is 6.61 Å². The molecule has 13 heteroatoms. The van der Waals surface area contributed by atoms with Crippen molar-refractivity contribution in [1.82, 2.24) is 16.0 Å². The van der Waals surface area contributed by atoms with Crippen LogP contribution < -0.4 is 27.4 Å². The summed E-state index contributed by atoms with van der Waals surface area (Å²) in [4.78, 5) is 59.1. The van der Waals surface area contributed by atoms with Gasteiger partial charge in [-0.3, -0.25) is 19.2 Å². The average molecular weight is 433 g/mol. The number of carbonyl (C=O) groups is 5. The van der Waals surface area contributed by atoms with E-state index in [9.17, 15) is 29.1 Å². The molecule has 172 valence electrons. The monoisotopic (exact) mass is 433 g/mol. The number of primary amides is 1. The average Bonchev–Trinajstić information content (AvgIpc) is 2.62. The molecule has 0 saturated heterocycles. The summed E-state index contributed by atoms with van der Waals surface area (Å²) >= 11 is 0. The smallest absolute Gasteiger partial charge is 0.326 e. The van der Waals surface area contributed by atoms with E-state index in [0.29, 0.717) is 0 Å². The number of nitrogens with one attached hydrogen (secondary N) is 3. The van der Waals surface area contributed by atoms with E-state index in [4.69, 9.17) is 21.7 Å². The van der Waals surface area contributed by atoms with Crippen molar-refractivity contribution in [3.63, 3.8) is 0 Å². The minimum Gasteiger partial charge on any atom is -0.480 e. The number of rotatable bonds is 13. The third-order valence-corrected chi connectivity index (χ3v) is 3.96. The van der Waals surface area contributed by atoms with E-state index in [2.05, 4.69) is 10.6 Å². The predicted octanol–water partition coefficient (Wildman–Crippen LogP) is -3.85. The molecule has 5 atom stereocenters. The van der Waals surface area contributed by atoms with Gasteiger partial charge in [0, 0.05) is 0 Å². The molecule has 0 aliphatic carbocycles. The topological polar surface area (TPSA) is 234 Å². The van der Waals surface area contributed by atoms with Crippen LogP contribution in [0.1, 0.15) is 33.6 Å². The van der Waals surface area contributed by atoms with E-state index in [0.717, 1.165) is 0 Å². The number of carbonyl (C=O) groups excluding carboxylic acids is 4. The molecule has 0 fully saturated rings. The minimum atomic E-state index is -1.65. The van der Waals surface area contributed by atoms with Gasteiger partial charge in [-0.2, -0.15) is 0 Å². The molecule has 0 spiro atoms. The number of aliphatic carboxylic acids is 1. The van der Waals surface area contributed by atoms with Crippen LogP contribution in [-0.2, 0) is 24.0 Å². The minimum absolute atomic E-state index is 0.0582. The molecule has 0 heterocycles. The Kier molecular flexibility index (Phi) is 11.5. The highest BCUT2D eigenvalue weighted by atomic mass is 16.4. The van der Waals surface area contributed by atoms with Crippen LogP contribution in [-0.4, -0.2) is 81.8 Å². The Morgan fingerprint density at radius 1 is 0.900 bits per heavy atom. The molecule has 0 aliphatic heterocycles. The standard InChI is InChI=1S/C17H31N5O8/c1-7(2)4-10(20-14(26)9(18)6-23)15(27)22-13(8(3)24)16(28)21-11(17(29)30)5-12(19)25/h7-11,13,23-24H,4-6,18H2,1-3H3,(H2,19,25)(H,20,26)(H,21,28)(H,22,27)(H,29,30). The second-order valence-corrected chi connectivity index (χ2v) is 7.28. The van der Waals surface area contributed by atoms with Gasteiger partial charge in [0.15, 0.2) is 0 Å². The molecule has 10 N–H and O–H groups in total. The molecule has 5 unspecified atom stereocenters. The van der Waals surface area contributed by atoms with Gasteiger partial charge in [0.05, 0.1) is 19.1 Å². The molecule has 0 radical (unpaired) electrons. The van der Waals surface area contributed by atoms with Crippen molar-refractivity contribution in [2.24, 2.45) is 17.4 Å². The Hall–Kier alpha value is -2.77. The number of amides is 4. The van der Waals surface area contributed by atoms with Gasteiger partial charge < -0.3 is 42.7 Å². The Bertz CT molecular complexity index is 640. The summed E-state index contributed by atoms with van der Waals surface area (Å²) in [6.07, 6.45) is -1.97. The molecule has 0 aromatic rings. The fraction of sp³-hybridized carbons (Fsp3) is 0.706. The van der Waals surface area contributed by atoms with E-state index >= 15 is 0 Å². The fourth-order valence-corrected chi connectivity index (χ4v) is 2.39. The summed E-state index contributed by atoms with van der Waals surface area (Å²) in [6, 6.07) is -5.62. The number of hydrogen-bond acceptors (Lipinski definition) is 8. The lowest BCUT2D eigenvalue weighted by atomic mass is 10.0. The van der Waals surface area contributed by atoms with Crippen molar-refractivity contribution in [2.45, 2.75) is 63.9 Å². The second kappa shape index (κ2) is 12.7. The van der Waals surface area contributed by atoms with Crippen molar-refractivity contribution in [1.29, 1.82) is 0 Å². The Morgan fingerprint density at radius 2 is 1.43 bits per heavy atom. The van der Waals surface area contributed by atoms with Gasteiger partial charge in [0.2, 0.25) is 23.6 Å². The lowest BCUT2D eigenvalue weighted by Gasteiger charge is -2.27. The zero-order valence-electron chi connectivity index (χ0n) is 17.1. The molecule has 0 aromatic heterocycles. The van der Waals surface area contributed by atoms with Crippen molar-refractivity contribution in [3.8, 4) is 0 Å². The highest BCUT2D eigenvalue weighted by molar-refractivity contribution is 5.95. The highest BCUT2D eigenvalue weighted by Gasteiger charge is 2.33. The van der Waals surface area contributed by atoms with E-state index in [1.807, 2.05) is 5.32 Å². The van der Waals surface area contributed by atoms with Gasteiger partial charge in [-0.15, -0.1) is 0 Å². The van der Waals surface area contributed by atoms with Crippen LogP contribution in [0, 0.1) is 5.92 Å². The summed E-state index contributed by atoms with van der Waals surface area (Å²) in [6.45, 7) is 4.10. The van der Waals surface area contributed by atoms with Gasteiger partial charge in [0.25, 0.3) is 0 Å². The van der Waals surface area contributed by atoms with E-state index < -0.39 is 72.9 Å². The van der Waals surface area contributed by atoms with E-state index in [-0.39, 0.29) is 12.3 Å². The molecule has 30 heavy (non-hydrogen) atoms. The quantitative estimate of drug-likeness (QED) is 0.142. The fourth-order valence-electron chi connectivity index (χ4n) is 2.39. The summed E-state index contributed by atoms with van der Waals surface area (Å²) in [5, 5.41) is 34.6. The van der Waals surface area contributed by atoms with Gasteiger partial charge in [0.1, 0.15) is 24.2 Å². The SMILES string of the molecule is CC(C)CC(NC(=O)C(N)CO)C(=O)NC(C(=O)NC(CC(N)=O)C(=O)O)C(C)O. The molecule has 0 aliphatic rings. The van der Waals surface area contributed by atoms with Crippen LogP contribution in [0.5, 0.6) is 0 Å². The first-order chi connectivity index (χ1) is 13.8. The Balaban J connectivity index is 5.40. The van der Waals surface area contributed by atoms with Crippen molar-refractivity contribution in [3.05, 3.63) is 0 Å². The normalized spacial score (nSPS) is 16.0. The van der Waals surface area contributed by atoms with Gasteiger partial charge >= 0.3 is 5.97 Å². The molecule has 0 saturated carbocycles. The Morgan fingerprint density at radius 3 is 1.83 bits per heavy atom. The maximum Gasteiger partial charge on any atom is 0.326 e.